The second-order valence-electron chi connectivity index (χ2n) is 3.33. The van der Waals surface area contributed by atoms with E-state index in [1.807, 2.05) is 0 Å². The van der Waals surface area contributed by atoms with E-state index >= 15 is 0 Å². The Bertz CT molecular complexity index is 437. The molecule has 4 heteroatoms. The first-order valence-corrected chi connectivity index (χ1v) is 4.97. The summed E-state index contributed by atoms with van der Waals surface area (Å²) in [6.45, 7) is 3.35. The van der Waals surface area contributed by atoms with Gasteiger partial charge < -0.3 is 4.74 Å². The fourth-order valence-corrected chi connectivity index (χ4v) is 1.22. The number of nitrogens with zero attached hydrogens (tertiary/aromatic N) is 1. The molecule has 1 unspecified atom stereocenters. The quantitative estimate of drug-likeness (QED) is 0.784. The SMILES string of the molecule is CCC(=O)C(C)Oc1ccc(C#N)c(F)c1. The molecule has 0 saturated carbocycles. The molecule has 0 saturated heterocycles. The fraction of sp³-hybridized carbons (Fsp3) is 0.333. The Balaban J connectivity index is 2.80. The van der Waals surface area contributed by atoms with Gasteiger partial charge in [-0.1, -0.05) is 6.92 Å². The largest absolute Gasteiger partial charge is 0.483 e. The number of nitriles is 1. The van der Waals surface area contributed by atoms with Crippen LogP contribution in [0.25, 0.3) is 0 Å². The predicted molar refractivity (Wildman–Crippen MR) is 56.5 cm³/mol. The minimum absolute atomic E-state index is 0.0400. The van der Waals surface area contributed by atoms with Gasteiger partial charge in [0.25, 0.3) is 0 Å². The van der Waals surface area contributed by atoms with Crippen LogP contribution >= 0.6 is 0 Å². The van der Waals surface area contributed by atoms with Gasteiger partial charge in [0, 0.05) is 12.5 Å². The van der Waals surface area contributed by atoms with Crippen molar-refractivity contribution >= 4 is 5.78 Å². The first-order chi connectivity index (χ1) is 7.58. The lowest BCUT2D eigenvalue weighted by molar-refractivity contribution is -0.124. The summed E-state index contributed by atoms with van der Waals surface area (Å²) in [7, 11) is 0. The summed E-state index contributed by atoms with van der Waals surface area (Å²) in [4.78, 5) is 11.3. The average Bonchev–Trinajstić information content (AvgIpc) is 2.28. The highest BCUT2D eigenvalue weighted by Gasteiger charge is 2.13. The summed E-state index contributed by atoms with van der Waals surface area (Å²) in [5.41, 5.74) is -0.0400. The van der Waals surface area contributed by atoms with Crippen molar-refractivity contribution in [1.29, 1.82) is 5.26 Å². The molecule has 0 fully saturated rings. The molecule has 1 atom stereocenters. The average molecular weight is 221 g/mol. The van der Waals surface area contributed by atoms with E-state index in [2.05, 4.69) is 0 Å². The van der Waals surface area contributed by atoms with Crippen LogP contribution in [0.3, 0.4) is 0 Å². The minimum Gasteiger partial charge on any atom is -0.483 e. The van der Waals surface area contributed by atoms with Crippen LogP contribution in [0.4, 0.5) is 4.39 Å². The molecular formula is C12H12FNO2. The molecule has 0 radical (unpaired) electrons. The van der Waals surface area contributed by atoms with E-state index in [4.69, 9.17) is 10.00 Å². The highest BCUT2D eigenvalue weighted by atomic mass is 19.1. The molecule has 0 heterocycles. The molecule has 1 rings (SSSR count). The van der Waals surface area contributed by atoms with Crippen molar-refractivity contribution in [2.75, 3.05) is 0 Å². The Hall–Kier alpha value is -1.89. The van der Waals surface area contributed by atoms with Gasteiger partial charge in [0.1, 0.15) is 17.6 Å². The van der Waals surface area contributed by atoms with Crippen molar-refractivity contribution in [2.24, 2.45) is 0 Å². The Morgan fingerprint density at radius 1 is 1.62 bits per heavy atom. The van der Waals surface area contributed by atoms with E-state index < -0.39 is 11.9 Å². The van der Waals surface area contributed by atoms with Crippen LogP contribution in [0.15, 0.2) is 18.2 Å². The lowest BCUT2D eigenvalue weighted by Gasteiger charge is -2.12. The molecule has 1 aromatic carbocycles. The molecule has 0 N–H and O–H groups in total. The molecule has 0 aliphatic carbocycles. The van der Waals surface area contributed by atoms with E-state index in [1.165, 1.54) is 12.1 Å². The third kappa shape index (κ3) is 2.80. The number of ether oxygens (including phenoxy) is 1. The van der Waals surface area contributed by atoms with Crippen molar-refractivity contribution < 1.29 is 13.9 Å². The van der Waals surface area contributed by atoms with Gasteiger partial charge in [0.15, 0.2) is 11.9 Å². The van der Waals surface area contributed by atoms with E-state index in [0.717, 1.165) is 6.07 Å². The van der Waals surface area contributed by atoms with Crippen LogP contribution in [-0.4, -0.2) is 11.9 Å². The Labute approximate surface area is 93.5 Å². The monoisotopic (exact) mass is 221 g/mol. The summed E-state index contributed by atoms with van der Waals surface area (Å²) < 4.78 is 18.4. The van der Waals surface area contributed by atoms with Crippen LogP contribution in [0, 0.1) is 17.1 Å². The normalized spacial score (nSPS) is 11.6. The van der Waals surface area contributed by atoms with Gasteiger partial charge in [0.2, 0.25) is 0 Å². The topological polar surface area (TPSA) is 50.1 Å². The van der Waals surface area contributed by atoms with Crippen LogP contribution in [0.1, 0.15) is 25.8 Å². The highest BCUT2D eigenvalue weighted by Crippen LogP contribution is 2.17. The van der Waals surface area contributed by atoms with E-state index in [-0.39, 0.29) is 17.1 Å². The predicted octanol–water partition coefficient (Wildman–Crippen LogP) is 2.44. The lowest BCUT2D eigenvalue weighted by atomic mass is 10.2. The molecule has 16 heavy (non-hydrogen) atoms. The zero-order chi connectivity index (χ0) is 12.1. The number of carbonyl (C=O) groups is 1. The standard InChI is InChI=1S/C12H12FNO2/c1-3-12(15)8(2)16-10-5-4-9(7-14)11(13)6-10/h4-6,8H,3H2,1-2H3. The van der Waals surface area contributed by atoms with E-state index in [9.17, 15) is 9.18 Å². The van der Waals surface area contributed by atoms with Crippen LogP contribution in [0.5, 0.6) is 5.75 Å². The van der Waals surface area contributed by atoms with Crippen LogP contribution in [-0.2, 0) is 4.79 Å². The van der Waals surface area contributed by atoms with Crippen molar-refractivity contribution in [2.45, 2.75) is 26.4 Å². The molecule has 0 spiro atoms. The molecular weight excluding hydrogens is 209 g/mol. The lowest BCUT2D eigenvalue weighted by Crippen LogP contribution is -2.22. The maximum atomic E-state index is 13.2. The van der Waals surface area contributed by atoms with Crippen molar-refractivity contribution in [3.63, 3.8) is 0 Å². The molecule has 1 aromatic rings. The minimum atomic E-state index is -0.642. The maximum absolute atomic E-state index is 13.2. The number of halogens is 1. The van der Waals surface area contributed by atoms with Gasteiger partial charge in [-0.3, -0.25) is 4.79 Å². The van der Waals surface area contributed by atoms with Gasteiger partial charge in [0.05, 0.1) is 5.56 Å². The number of carbonyl (C=O) groups excluding carboxylic acids is 1. The van der Waals surface area contributed by atoms with E-state index in [0.29, 0.717) is 6.42 Å². The summed E-state index contributed by atoms with van der Waals surface area (Å²) >= 11 is 0. The molecule has 0 amide bonds. The highest BCUT2D eigenvalue weighted by molar-refractivity contribution is 5.82. The molecule has 0 aliphatic heterocycles. The van der Waals surface area contributed by atoms with Crippen LogP contribution < -0.4 is 4.74 Å². The second-order valence-corrected chi connectivity index (χ2v) is 3.33. The van der Waals surface area contributed by atoms with Crippen molar-refractivity contribution in [3.8, 4) is 11.8 Å². The smallest absolute Gasteiger partial charge is 0.172 e. The van der Waals surface area contributed by atoms with Gasteiger partial charge in [-0.15, -0.1) is 0 Å². The Morgan fingerprint density at radius 2 is 2.31 bits per heavy atom. The molecule has 84 valence electrons. The van der Waals surface area contributed by atoms with Gasteiger partial charge in [-0.05, 0) is 19.1 Å². The van der Waals surface area contributed by atoms with Crippen molar-refractivity contribution in [3.05, 3.63) is 29.6 Å². The third-order valence-electron chi connectivity index (χ3n) is 2.18. The first-order valence-electron chi connectivity index (χ1n) is 4.97. The van der Waals surface area contributed by atoms with Gasteiger partial charge in [-0.2, -0.15) is 5.26 Å². The molecule has 0 aliphatic rings. The Morgan fingerprint density at radius 3 is 2.81 bits per heavy atom. The van der Waals surface area contributed by atoms with E-state index in [1.54, 1.807) is 19.9 Å². The zero-order valence-corrected chi connectivity index (χ0v) is 9.16. The van der Waals surface area contributed by atoms with Gasteiger partial charge >= 0.3 is 0 Å². The number of rotatable bonds is 4. The third-order valence-corrected chi connectivity index (χ3v) is 2.18. The fourth-order valence-electron chi connectivity index (χ4n) is 1.22. The zero-order valence-electron chi connectivity index (χ0n) is 9.16. The number of benzene rings is 1. The molecule has 3 nitrogen and oxygen atoms in total. The summed E-state index contributed by atoms with van der Waals surface area (Å²) in [5, 5.41) is 8.53. The summed E-state index contributed by atoms with van der Waals surface area (Å²) in [6.07, 6.45) is -0.225. The van der Waals surface area contributed by atoms with Crippen molar-refractivity contribution in [1.82, 2.24) is 0 Å². The Kier molecular flexibility index (Phi) is 4.01. The second kappa shape index (κ2) is 5.26. The van der Waals surface area contributed by atoms with Gasteiger partial charge in [-0.25, -0.2) is 4.39 Å². The molecule has 0 bridgehead atoms. The number of ketones is 1. The number of hydrogen-bond acceptors (Lipinski definition) is 3. The first kappa shape index (κ1) is 12.2. The molecule has 0 aromatic heterocycles. The summed E-state index contributed by atoms with van der Waals surface area (Å²) in [5.74, 6) is -0.438. The summed E-state index contributed by atoms with van der Waals surface area (Å²) in [6, 6.07) is 5.62. The maximum Gasteiger partial charge on any atom is 0.172 e. The number of hydrogen-bond donors (Lipinski definition) is 0. The number of Topliss-reactive ketones (excluding diaryl/α,β-unsaturated/α-hetero) is 1. The van der Waals surface area contributed by atoms with Crippen LogP contribution in [0.2, 0.25) is 0 Å².